The zero-order valence-electron chi connectivity index (χ0n) is 18.1. The molecule has 0 amide bonds. The van der Waals surface area contributed by atoms with E-state index in [1.807, 2.05) is 0 Å². The maximum atomic E-state index is 15.0. The lowest BCUT2D eigenvalue weighted by atomic mass is 9.83. The van der Waals surface area contributed by atoms with Crippen LogP contribution in [0.1, 0.15) is 37.5 Å². The average Bonchev–Trinajstić information content (AvgIpc) is 2.78. The first-order valence-electron chi connectivity index (χ1n) is 9.90. The lowest BCUT2D eigenvalue weighted by Crippen LogP contribution is -2.42. The highest BCUT2D eigenvalue weighted by atomic mass is 31.2. The fraction of sp³-hybridized carbons (Fsp3) is 0.333. The molecule has 0 aliphatic rings. The van der Waals surface area contributed by atoms with E-state index in [-0.39, 0.29) is 25.4 Å². The van der Waals surface area contributed by atoms with Gasteiger partial charge in [-0.1, -0.05) is 30.3 Å². The van der Waals surface area contributed by atoms with Gasteiger partial charge in [-0.2, -0.15) is 9.65 Å². The van der Waals surface area contributed by atoms with Crippen molar-refractivity contribution in [1.82, 2.24) is 0 Å². The minimum Gasteiger partial charge on any atom is -0.463 e. The number of nitriles is 1. The quantitative estimate of drug-likeness (QED) is 0.195. The van der Waals surface area contributed by atoms with Crippen molar-refractivity contribution in [2.24, 2.45) is 0 Å². The third kappa shape index (κ3) is 5.26. The SMILES string of the molecule is CCOC(=O)C(OP(=O)(OCC)OCC)(c1ccccc1)c1ccc([N+](=O)[O-])c(F)c1C#N. The van der Waals surface area contributed by atoms with Crippen molar-refractivity contribution in [1.29, 1.82) is 5.26 Å². The molecule has 10 nitrogen and oxygen atoms in total. The summed E-state index contributed by atoms with van der Waals surface area (Å²) in [6, 6.07) is 10.8. The van der Waals surface area contributed by atoms with Gasteiger partial charge < -0.3 is 4.74 Å². The number of esters is 1. The first kappa shape index (κ1) is 26.1. The fourth-order valence-electron chi connectivity index (χ4n) is 3.11. The highest BCUT2D eigenvalue weighted by Crippen LogP contribution is 2.57. The Labute approximate surface area is 189 Å². The molecular weight excluding hydrogens is 458 g/mol. The number of carbonyl (C=O) groups is 1. The van der Waals surface area contributed by atoms with Gasteiger partial charge in [-0.3, -0.25) is 23.7 Å². The van der Waals surface area contributed by atoms with Crippen LogP contribution in [0.4, 0.5) is 10.1 Å². The van der Waals surface area contributed by atoms with Crippen molar-refractivity contribution in [2.75, 3.05) is 19.8 Å². The van der Waals surface area contributed by atoms with Crippen LogP contribution >= 0.6 is 7.82 Å². The Kier molecular flexibility index (Phi) is 8.79. The summed E-state index contributed by atoms with van der Waals surface area (Å²) >= 11 is 0. The van der Waals surface area contributed by atoms with E-state index in [2.05, 4.69) is 0 Å². The molecule has 0 saturated heterocycles. The van der Waals surface area contributed by atoms with E-state index in [0.29, 0.717) is 0 Å². The lowest BCUT2D eigenvalue weighted by molar-refractivity contribution is -0.387. The summed E-state index contributed by atoms with van der Waals surface area (Å²) in [5, 5.41) is 20.9. The molecule has 2 aromatic carbocycles. The molecule has 1 unspecified atom stereocenters. The maximum absolute atomic E-state index is 15.0. The van der Waals surface area contributed by atoms with E-state index in [9.17, 15) is 24.7 Å². The number of phosphoric acid groups is 1. The zero-order valence-corrected chi connectivity index (χ0v) is 19.0. The predicted molar refractivity (Wildman–Crippen MR) is 114 cm³/mol. The Balaban J connectivity index is 3.00. The number of carbonyl (C=O) groups excluding carboxylic acids is 1. The predicted octanol–water partition coefficient (Wildman–Crippen LogP) is 4.61. The van der Waals surface area contributed by atoms with Gasteiger partial charge in [0.1, 0.15) is 11.6 Å². The molecule has 0 heterocycles. The van der Waals surface area contributed by atoms with Gasteiger partial charge in [-0.25, -0.2) is 9.36 Å². The van der Waals surface area contributed by atoms with Crippen molar-refractivity contribution in [2.45, 2.75) is 26.4 Å². The van der Waals surface area contributed by atoms with Gasteiger partial charge >= 0.3 is 19.5 Å². The zero-order chi connectivity index (χ0) is 24.6. The van der Waals surface area contributed by atoms with E-state index in [1.165, 1.54) is 45.0 Å². The molecule has 0 aromatic heterocycles. The van der Waals surface area contributed by atoms with Crippen molar-refractivity contribution in [3.8, 4) is 6.07 Å². The standard InChI is InChI=1S/C21H22FN2O8P/c1-4-29-20(25)21(15-10-8-7-9-11-15,32-33(28,30-5-2)31-6-3)17-12-13-18(24(26)27)19(22)16(17)14-23/h7-13H,4-6H2,1-3H3. The molecule has 33 heavy (non-hydrogen) atoms. The van der Waals surface area contributed by atoms with Crippen molar-refractivity contribution in [3.63, 3.8) is 0 Å². The van der Waals surface area contributed by atoms with Crippen LogP contribution in [-0.4, -0.2) is 30.7 Å². The van der Waals surface area contributed by atoms with Gasteiger partial charge in [-0.05, 0) is 26.8 Å². The summed E-state index contributed by atoms with van der Waals surface area (Å²) in [7, 11) is -4.49. The number of nitro benzene ring substituents is 1. The van der Waals surface area contributed by atoms with Crippen molar-refractivity contribution >= 4 is 19.5 Å². The van der Waals surface area contributed by atoms with E-state index < -0.39 is 46.9 Å². The molecule has 12 heteroatoms. The minimum atomic E-state index is -4.49. The van der Waals surface area contributed by atoms with E-state index in [4.69, 9.17) is 18.3 Å². The first-order valence-corrected chi connectivity index (χ1v) is 11.4. The largest absolute Gasteiger partial charge is 0.476 e. The fourth-order valence-corrected chi connectivity index (χ4v) is 4.54. The molecule has 1 atom stereocenters. The highest BCUT2D eigenvalue weighted by molar-refractivity contribution is 7.48. The molecule has 0 bridgehead atoms. The van der Waals surface area contributed by atoms with Crippen molar-refractivity contribution < 1.29 is 37.0 Å². The number of halogens is 1. The minimum absolute atomic E-state index is 0.00725. The van der Waals surface area contributed by atoms with E-state index in [1.54, 1.807) is 12.1 Å². The normalized spacial score (nSPS) is 13.1. The second kappa shape index (κ2) is 11.1. The number of hydrogen-bond donors (Lipinski definition) is 0. The van der Waals surface area contributed by atoms with Crippen LogP contribution in [0.5, 0.6) is 0 Å². The molecule has 176 valence electrons. The topological polar surface area (TPSA) is 138 Å². The van der Waals surface area contributed by atoms with Gasteiger partial charge in [0.2, 0.25) is 11.4 Å². The summed E-state index contributed by atoms with van der Waals surface area (Å²) in [4.78, 5) is 23.6. The number of benzene rings is 2. The average molecular weight is 480 g/mol. The number of ether oxygens (including phenoxy) is 1. The van der Waals surface area contributed by atoms with Crippen LogP contribution in [0.2, 0.25) is 0 Å². The van der Waals surface area contributed by atoms with Gasteiger partial charge in [0.05, 0.1) is 24.7 Å². The maximum Gasteiger partial charge on any atom is 0.476 e. The van der Waals surface area contributed by atoms with E-state index in [0.717, 1.165) is 12.1 Å². The number of phosphoric ester groups is 1. The van der Waals surface area contributed by atoms with Crippen LogP contribution in [0, 0.1) is 27.3 Å². The summed E-state index contributed by atoms with van der Waals surface area (Å²) in [6.07, 6.45) is 0. The summed E-state index contributed by atoms with van der Waals surface area (Å²) < 4.78 is 49.7. The van der Waals surface area contributed by atoms with Crippen LogP contribution in [-0.2, 0) is 33.3 Å². The Morgan fingerprint density at radius 2 is 1.73 bits per heavy atom. The molecule has 0 aliphatic carbocycles. The molecule has 0 fully saturated rings. The van der Waals surface area contributed by atoms with Crippen molar-refractivity contribution in [3.05, 3.63) is 75.1 Å². The molecule has 0 aliphatic heterocycles. The molecule has 2 aromatic rings. The second-order valence-corrected chi connectivity index (χ2v) is 7.93. The number of rotatable bonds is 11. The molecule has 0 radical (unpaired) electrons. The van der Waals surface area contributed by atoms with Gasteiger partial charge in [0.15, 0.2) is 0 Å². The monoisotopic (exact) mass is 480 g/mol. The van der Waals surface area contributed by atoms with Crippen LogP contribution in [0.15, 0.2) is 42.5 Å². The van der Waals surface area contributed by atoms with Crippen LogP contribution in [0.25, 0.3) is 0 Å². The number of nitro groups is 1. The van der Waals surface area contributed by atoms with Gasteiger partial charge in [0.25, 0.3) is 0 Å². The third-order valence-corrected chi connectivity index (χ3v) is 6.02. The summed E-state index contributed by atoms with van der Waals surface area (Å²) in [5.74, 6) is -2.64. The first-order chi connectivity index (χ1) is 15.7. The highest BCUT2D eigenvalue weighted by Gasteiger charge is 2.53. The smallest absolute Gasteiger partial charge is 0.463 e. The molecular formula is C21H22FN2O8P. The summed E-state index contributed by atoms with van der Waals surface area (Å²) in [5.41, 5.74) is -4.82. The Hall–Kier alpha value is -3.16. The number of hydrogen-bond acceptors (Lipinski definition) is 9. The Bertz CT molecular complexity index is 1100. The molecule has 0 spiro atoms. The summed E-state index contributed by atoms with van der Waals surface area (Å²) in [6.45, 7) is 4.10. The van der Waals surface area contributed by atoms with Gasteiger partial charge in [0, 0.05) is 17.2 Å². The molecule has 0 saturated carbocycles. The molecule has 0 N–H and O–H groups in total. The third-order valence-electron chi connectivity index (χ3n) is 4.38. The van der Waals surface area contributed by atoms with Crippen LogP contribution in [0.3, 0.4) is 0 Å². The Morgan fingerprint density at radius 3 is 2.21 bits per heavy atom. The molecule has 2 rings (SSSR count). The van der Waals surface area contributed by atoms with Gasteiger partial charge in [-0.15, -0.1) is 0 Å². The van der Waals surface area contributed by atoms with E-state index >= 15 is 4.39 Å². The Morgan fingerprint density at radius 1 is 1.12 bits per heavy atom. The lowest BCUT2D eigenvalue weighted by Gasteiger charge is -2.34. The number of nitrogens with zero attached hydrogens (tertiary/aromatic N) is 2. The second-order valence-electron chi connectivity index (χ2n) is 6.33. The van der Waals surface area contributed by atoms with Crippen LogP contribution < -0.4 is 0 Å².